The molecule has 0 amide bonds. The van der Waals surface area contributed by atoms with Crippen LogP contribution in [0.5, 0.6) is 5.75 Å². The molecule has 0 atom stereocenters. The lowest BCUT2D eigenvalue weighted by Crippen LogP contribution is -2.18. The predicted octanol–water partition coefficient (Wildman–Crippen LogP) is 4.62. The summed E-state index contributed by atoms with van der Waals surface area (Å²) in [6.07, 6.45) is 1.48. The first-order valence-corrected chi connectivity index (χ1v) is 6.84. The fourth-order valence-electron chi connectivity index (χ4n) is 2.48. The largest absolute Gasteiger partial charge is 0.490 e. The topological polar surface area (TPSA) is 26.3 Å². The third-order valence-electron chi connectivity index (χ3n) is 3.54. The highest BCUT2D eigenvalue weighted by atomic mass is 19.4. The molecule has 0 aliphatic heterocycles. The molecular weight excluding hydrogens is 269 g/mol. The van der Waals surface area contributed by atoms with Gasteiger partial charge < -0.3 is 4.74 Å². The minimum Gasteiger partial charge on any atom is -0.490 e. The number of carbonyl (C=O) groups is 1. The van der Waals surface area contributed by atoms with E-state index in [1.807, 2.05) is 0 Å². The summed E-state index contributed by atoms with van der Waals surface area (Å²) in [5.41, 5.74) is -0.864. The highest BCUT2D eigenvalue weighted by Crippen LogP contribution is 2.38. The molecule has 0 bridgehead atoms. The highest BCUT2D eigenvalue weighted by Gasteiger charge is 2.35. The van der Waals surface area contributed by atoms with Gasteiger partial charge in [-0.2, -0.15) is 13.2 Å². The maximum Gasteiger partial charge on any atom is 0.419 e. The van der Waals surface area contributed by atoms with Gasteiger partial charge in [-0.1, -0.05) is 12.8 Å². The summed E-state index contributed by atoms with van der Waals surface area (Å²) in [4.78, 5) is 10.6. The molecular formula is C15H17F3O2. The average Bonchev–Trinajstić information content (AvgIpc) is 2.66. The smallest absolute Gasteiger partial charge is 0.419 e. The summed E-state index contributed by atoms with van der Waals surface area (Å²) in [7, 11) is 0. The van der Waals surface area contributed by atoms with Crippen molar-refractivity contribution in [2.24, 2.45) is 0 Å². The van der Waals surface area contributed by atoms with Crippen molar-refractivity contribution in [2.75, 3.05) is 0 Å². The van der Waals surface area contributed by atoms with Crippen molar-refractivity contribution in [2.45, 2.75) is 50.8 Å². The third kappa shape index (κ3) is 3.74. The van der Waals surface area contributed by atoms with E-state index < -0.39 is 11.7 Å². The van der Waals surface area contributed by atoms with Crippen molar-refractivity contribution >= 4 is 6.29 Å². The van der Waals surface area contributed by atoms with Crippen LogP contribution in [-0.2, 0) is 6.18 Å². The molecule has 1 aliphatic carbocycles. The molecule has 0 radical (unpaired) electrons. The summed E-state index contributed by atoms with van der Waals surface area (Å²) in [5, 5.41) is 0. The minimum absolute atomic E-state index is 0.00513. The zero-order chi connectivity index (χ0) is 14.6. The fraction of sp³-hybridized carbons (Fsp3) is 0.533. The lowest BCUT2D eigenvalue weighted by Gasteiger charge is -2.20. The van der Waals surface area contributed by atoms with Crippen LogP contribution in [0.2, 0.25) is 0 Å². The molecule has 0 unspecified atom stereocenters. The molecule has 1 aliphatic rings. The van der Waals surface area contributed by atoms with Crippen LogP contribution in [0.25, 0.3) is 0 Å². The third-order valence-corrected chi connectivity index (χ3v) is 3.54. The van der Waals surface area contributed by atoms with Crippen molar-refractivity contribution in [3.63, 3.8) is 0 Å². The average molecular weight is 286 g/mol. The highest BCUT2D eigenvalue weighted by molar-refractivity contribution is 5.75. The molecule has 2 rings (SSSR count). The second-order valence-corrected chi connectivity index (χ2v) is 5.10. The van der Waals surface area contributed by atoms with Gasteiger partial charge in [0.05, 0.1) is 11.7 Å². The molecule has 110 valence electrons. The van der Waals surface area contributed by atoms with Gasteiger partial charge in [0.2, 0.25) is 0 Å². The molecule has 1 aromatic rings. The molecule has 0 saturated heterocycles. The van der Waals surface area contributed by atoms with Gasteiger partial charge in [0.25, 0.3) is 0 Å². The Bertz CT molecular complexity index is 461. The number of hydrogen-bond donors (Lipinski definition) is 0. The maximum absolute atomic E-state index is 13.0. The maximum atomic E-state index is 13.0. The number of hydrogen-bond acceptors (Lipinski definition) is 2. The van der Waals surface area contributed by atoms with Crippen LogP contribution in [0, 0.1) is 0 Å². The summed E-state index contributed by atoms with van der Waals surface area (Å²) in [6, 6.07) is 3.45. The van der Waals surface area contributed by atoms with Crippen LogP contribution in [0.15, 0.2) is 18.2 Å². The Hall–Kier alpha value is -1.52. The number of alkyl halides is 3. The second-order valence-electron chi connectivity index (χ2n) is 5.10. The summed E-state index contributed by atoms with van der Waals surface area (Å²) < 4.78 is 44.6. The van der Waals surface area contributed by atoms with Gasteiger partial charge in [-0.3, -0.25) is 4.79 Å². The van der Waals surface area contributed by atoms with E-state index in [1.165, 1.54) is 12.1 Å². The molecule has 1 aromatic carbocycles. The van der Waals surface area contributed by atoms with Crippen LogP contribution in [0.3, 0.4) is 0 Å². The van der Waals surface area contributed by atoms with Gasteiger partial charge in [0, 0.05) is 5.56 Å². The van der Waals surface area contributed by atoms with Crippen molar-refractivity contribution < 1.29 is 22.7 Å². The number of ether oxygens (including phenoxy) is 1. The summed E-state index contributed by atoms with van der Waals surface area (Å²) >= 11 is 0. The lowest BCUT2D eigenvalue weighted by molar-refractivity contribution is -0.139. The Morgan fingerprint density at radius 2 is 1.75 bits per heavy atom. The standard InChI is InChI=1S/C15H17F3O2/c16-15(17,18)13-9-11(10-19)7-8-14(13)20-12-5-3-1-2-4-6-12/h7-10,12H,1-6H2. The molecule has 0 N–H and O–H groups in total. The van der Waals surface area contributed by atoms with E-state index in [-0.39, 0.29) is 17.4 Å². The van der Waals surface area contributed by atoms with E-state index in [0.717, 1.165) is 44.6 Å². The predicted molar refractivity (Wildman–Crippen MR) is 68.9 cm³/mol. The molecule has 0 spiro atoms. The van der Waals surface area contributed by atoms with E-state index in [9.17, 15) is 18.0 Å². The SMILES string of the molecule is O=Cc1ccc(OC2CCCCCC2)c(C(F)(F)F)c1. The van der Waals surface area contributed by atoms with E-state index in [1.54, 1.807) is 0 Å². The zero-order valence-electron chi connectivity index (χ0n) is 11.1. The number of halogens is 3. The van der Waals surface area contributed by atoms with E-state index >= 15 is 0 Å². The van der Waals surface area contributed by atoms with Gasteiger partial charge in [-0.15, -0.1) is 0 Å². The van der Waals surface area contributed by atoms with Crippen molar-refractivity contribution in [1.82, 2.24) is 0 Å². The van der Waals surface area contributed by atoms with Gasteiger partial charge in [-0.25, -0.2) is 0 Å². The van der Waals surface area contributed by atoms with Crippen LogP contribution in [0.4, 0.5) is 13.2 Å². The van der Waals surface area contributed by atoms with Crippen molar-refractivity contribution in [3.05, 3.63) is 29.3 Å². The molecule has 5 heteroatoms. The Morgan fingerprint density at radius 3 is 2.30 bits per heavy atom. The molecule has 0 heterocycles. The van der Waals surface area contributed by atoms with Gasteiger partial charge >= 0.3 is 6.18 Å². The first-order valence-electron chi connectivity index (χ1n) is 6.84. The fourth-order valence-corrected chi connectivity index (χ4v) is 2.48. The number of carbonyl (C=O) groups excluding carboxylic acids is 1. The first kappa shape index (κ1) is 14.9. The lowest BCUT2D eigenvalue weighted by atomic mass is 10.1. The van der Waals surface area contributed by atoms with Gasteiger partial charge in [0.15, 0.2) is 0 Å². The van der Waals surface area contributed by atoms with Crippen LogP contribution in [-0.4, -0.2) is 12.4 Å². The number of rotatable bonds is 3. The van der Waals surface area contributed by atoms with E-state index in [2.05, 4.69) is 0 Å². The van der Waals surface area contributed by atoms with Crippen molar-refractivity contribution in [3.8, 4) is 5.75 Å². The Morgan fingerprint density at radius 1 is 1.10 bits per heavy atom. The van der Waals surface area contributed by atoms with Crippen LogP contribution >= 0.6 is 0 Å². The molecule has 1 fully saturated rings. The number of benzene rings is 1. The van der Waals surface area contributed by atoms with Crippen LogP contribution in [0.1, 0.15) is 54.4 Å². The minimum atomic E-state index is -4.51. The van der Waals surface area contributed by atoms with Gasteiger partial charge in [0.1, 0.15) is 12.0 Å². The quantitative estimate of drug-likeness (QED) is 0.598. The second kappa shape index (κ2) is 6.29. The molecule has 2 nitrogen and oxygen atoms in total. The first-order chi connectivity index (χ1) is 9.50. The summed E-state index contributed by atoms with van der Waals surface area (Å²) in [6.45, 7) is 0. The molecule has 20 heavy (non-hydrogen) atoms. The Labute approximate surface area is 115 Å². The zero-order valence-corrected chi connectivity index (χ0v) is 11.1. The van der Waals surface area contributed by atoms with Gasteiger partial charge in [-0.05, 0) is 43.9 Å². The Balaban J connectivity index is 2.23. The van der Waals surface area contributed by atoms with E-state index in [0.29, 0.717) is 6.29 Å². The Kier molecular flexibility index (Phi) is 4.68. The number of aldehydes is 1. The van der Waals surface area contributed by atoms with Crippen molar-refractivity contribution in [1.29, 1.82) is 0 Å². The monoisotopic (exact) mass is 286 g/mol. The summed E-state index contributed by atoms with van der Waals surface area (Å²) in [5.74, 6) is -0.171. The van der Waals surface area contributed by atoms with Crippen LogP contribution < -0.4 is 4.74 Å². The normalized spacial score (nSPS) is 17.6. The molecule has 0 aromatic heterocycles. The van der Waals surface area contributed by atoms with E-state index in [4.69, 9.17) is 4.74 Å². The molecule has 1 saturated carbocycles.